The molecular formula is C18H17N3O3. The summed E-state index contributed by atoms with van der Waals surface area (Å²) >= 11 is 0. The lowest BCUT2D eigenvalue weighted by atomic mass is 10.3. The Morgan fingerprint density at radius 2 is 1.88 bits per heavy atom. The summed E-state index contributed by atoms with van der Waals surface area (Å²) in [4.78, 5) is 11.8. The van der Waals surface area contributed by atoms with E-state index in [2.05, 4.69) is 10.4 Å². The molecular weight excluding hydrogens is 306 g/mol. The number of phenols is 1. The fourth-order valence-electron chi connectivity index (χ4n) is 2.15. The van der Waals surface area contributed by atoms with Gasteiger partial charge in [0.05, 0.1) is 11.9 Å². The number of carbonyl (C=O) groups is 1. The van der Waals surface area contributed by atoms with Crippen LogP contribution in [0.5, 0.6) is 11.5 Å². The lowest BCUT2D eigenvalue weighted by Gasteiger charge is -2.07. The van der Waals surface area contributed by atoms with Crippen LogP contribution in [-0.2, 0) is 11.3 Å². The normalized spacial score (nSPS) is 10.3. The Bertz CT molecular complexity index is 815. The van der Waals surface area contributed by atoms with Gasteiger partial charge in [-0.15, -0.1) is 0 Å². The Morgan fingerprint density at radius 1 is 1.12 bits per heavy atom. The second kappa shape index (κ2) is 7.32. The number of nitrogens with zero attached hydrogens (tertiary/aromatic N) is 2. The number of aromatic hydroxyl groups is 1. The third kappa shape index (κ3) is 3.92. The molecule has 122 valence electrons. The monoisotopic (exact) mass is 323 g/mol. The van der Waals surface area contributed by atoms with Crippen molar-refractivity contribution in [1.82, 2.24) is 15.1 Å². The highest BCUT2D eigenvalue weighted by atomic mass is 16.5. The SMILES string of the molecule is O=C(COc1ccccc1O)NCc1cnn(-c2ccccc2)c1. The van der Waals surface area contributed by atoms with Crippen molar-refractivity contribution in [3.8, 4) is 17.2 Å². The van der Waals surface area contributed by atoms with Gasteiger partial charge in [-0.3, -0.25) is 4.79 Å². The van der Waals surface area contributed by atoms with Crippen LogP contribution in [0.1, 0.15) is 5.56 Å². The van der Waals surface area contributed by atoms with Crippen molar-refractivity contribution < 1.29 is 14.6 Å². The van der Waals surface area contributed by atoms with Crippen LogP contribution in [0.15, 0.2) is 67.0 Å². The number of benzene rings is 2. The number of carbonyl (C=O) groups excluding carboxylic acids is 1. The molecule has 1 amide bonds. The van der Waals surface area contributed by atoms with E-state index in [0.717, 1.165) is 11.3 Å². The predicted octanol–water partition coefficient (Wildman–Crippen LogP) is 2.27. The highest BCUT2D eigenvalue weighted by molar-refractivity contribution is 5.77. The van der Waals surface area contributed by atoms with Crippen LogP contribution >= 0.6 is 0 Å². The zero-order chi connectivity index (χ0) is 16.8. The average molecular weight is 323 g/mol. The Hall–Kier alpha value is -3.28. The third-order valence-electron chi connectivity index (χ3n) is 3.37. The Balaban J connectivity index is 1.50. The first-order valence-electron chi connectivity index (χ1n) is 7.49. The minimum atomic E-state index is -0.272. The van der Waals surface area contributed by atoms with Crippen molar-refractivity contribution in [3.63, 3.8) is 0 Å². The van der Waals surface area contributed by atoms with Crippen LogP contribution in [0.4, 0.5) is 0 Å². The summed E-state index contributed by atoms with van der Waals surface area (Å²) in [5, 5.41) is 16.6. The number of aromatic nitrogens is 2. The van der Waals surface area contributed by atoms with Crippen molar-refractivity contribution >= 4 is 5.91 Å². The molecule has 0 aliphatic rings. The van der Waals surface area contributed by atoms with Gasteiger partial charge in [0, 0.05) is 18.3 Å². The number of para-hydroxylation sites is 3. The largest absolute Gasteiger partial charge is 0.504 e. The molecule has 1 heterocycles. The second-order valence-electron chi connectivity index (χ2n) is 5.16. The minimum absolute atomic E-state index is 0.00874. The first-order valence-corrected chi connectivity index (χ1v) is 7.49. The molecule has 0 spiro atoms. The van der Waals surface area contributed by atoms with Gasteiger partial charge in [-0.1, -0.05) is 30.3 Å². The van der Waals surface area contributed by atoms with Crippen molar-refractivity contribution in [1.29, 1.82) is 0 Å². The summed E-state index contributed by atoms with van der Waals surface area (Å²) in [6.45, 7) is 0.195. The fourth-order valence-corrected chi connectivity index (χ4v) is 2.15. The maximum atomic E-state index is 11.8. The standard InChI is InChI=1S/C18H17N3O3/c22-16-8-4-5-9-17(16)24-13-18(23)19-10-14-11-20-21(12-14)15-6-2-1-3-7-15/h1-9,11-12,22H,10,13H2,(H,19,23). The van der Waals surface area contributed by atoms with E-state index in [0.29, 0.717) is 6.54 Å². The summed E-state index contributed by atoms with van der Waals surface area (Å²) in [5.41, 5.74) is 1.84. The van der Waals surface area contributed by atoms with Gasteiger partial charge in [-0.25, -0.2) is 4.68 Å². The summed E-state index contributed by atoms with van der Waals surface area (Å²) in [6.07, 6.45) is 3.57. The lowest BCUT2D eigenvalue weighted by molar-refractivity contribution is -0.123. The van der Waals surface area contributed by atoms with Crippen LogP contribution < -0.4 is 10.1 Å². The van der Waals surface area contributed by atoms with E-state index >= 15 is 0 Å². The minimum Gasteiger partial charge on any atom is -0.504 e. The zero-order valence-electron chi connectivity index (χ0n) is 12.9. The highest BCUT2D eigenvalue weighted by Gasteiger charge is 2.07. The second-order valence-corrected chi connectivity index (χ2v) is 5.16. The molecule has 0 saturated carbocycles. The molecule has 6 nitrogen and oxygen atoms in total. The van der Waals surface area contributed by atoms with E-state index in [1.807, 2.05) is 36.5 Å². The Kier molecular flexibility index (Phi) is 4.76. The zero-order valence-corrected chi connectivity index (χ0v) is 12.9. The molecule has 6 heteroatoms. The number of nitrogens with one attached hydrogen (secondary N) is 1. The molecule has 0 unspecified atom stereocenters. The molecule has 1 aromatic heterocycles. The van der Waals surface area contributed by atoms with E-state index in [-0.39, 0.29) is 24.0 Å². The molecule has 0 saturated heterocycles. The first-order chi connectivity index (χ1) is 11.7. The van der Waals surface area contributed by atoms with Crippen molar-refractivity contribution in [2.45, 2.75) is 6.54 Å². The number of ether oxygens (including phenoxy) is 1. The van der Waals surface area contributed by atoms with E-state index in [4.69, 9.17) is 4.74 Å². The van der Waals surface area contributed by atoms with Crippen molar-refractivity contribution in [2.75, 3.05) is 6.61 Å². The van der Waals surface area contributed by atoms with Crippen LogP contribution in [0.3, 0.4) is 0 Å². The number of amides is 1. The van der Waals surface area contributed by atoms with Gasteiger partial charge in [0.1, 0.15) is 0 Å². The Labute approximate surface area is 139 Å². The van der Waals surface area contributed by atoms with Crippen LogP contribution in [0.2, 0.25) is 0 Å². The van der Waals surface area contributed by atoms with Gasteiger partial charge in [-0.05, 0) is 24.3 Å². The molecule has 0 bridgehead atoms. The molecule has 0 atom stereocenters. The maximum Gasteiger partial charge on any atom is 0.258 e. The number of rotatable bonds is 6. The van der Waals surface area contributed by atoms with Gasteiger partial charge in [0.2, 0.25) is 0 Å². The fraction of sp³-hybridized carbons (Fsp3) is 0.111. The van der Waals surface area contributed by atoms with Crippen molar-refractivity contribution in [2.24, 2.45) is 0 Å². The lowest BCUT2D eigenvalue weighted by Crippen LogP contribution is -2.28. The molecule has 2 N–H and O–H groups in total. The predicted molar refractivity (Wildman–Crippen MR) is 89.0 cm³/mol. The molecule has 0 radical (unpaired) electrons. The molecule has 24 heavy (non-hydrogen) atoms. The summed E-state index contributed by atoms with van der Waals surface area (Å²) < 4.78 is 7.03. The summed E-state index contributed by atoms with van der Waals surface area (Å²) in [6, 6.07) is 16.3. The van der Waals surface area contributed by atoms with Crippen LogP contribution in [0, 0.1) is 0 Å². The number of hydrogen-bond acceptors (Lipinski definition) is 4. The third-order valence-corrected chi connectivity index (χ3v) is 3.37. The molecule has 3 aromatic rings. The van der Waals surface area contributed by atoms with E-state index in [1.165, 1.54) is 6.07 Å². The molecule has 3 rings (SSSR count). The number of phenolic OH excluding ortho intramolecular Hbond substituents is 1. The molecule has 0 fully saturated rings. The van der Waals surface area contributed by atoms with Gasteiger partial charge in [-0.2, -0.15) is 5.10 Å². The van der Waals surface area contributed by atoms with E-state index < -0.39 is 0 Å². The smallest absolute Gasteiger partial charge is 0.258 e. The van der Waals surface area contributed by atoms with Gasteiger partial charge in [0.15, 0.2) is 18.1 Å². The summed E-state index contributed by atoms with van der Waals surface area (Å²) in [5.74, 6) is 0.0182. The molecule has 0 aliphatic heterocycles. The van der Waals surface area contributed by atoms with Crippen molar-refractivity contribution in [3.05, 3.63) is 72.6 Å². The van der Waals surface area contributed by atoms with Crippen LogP contribution in [-0.4, -0.2) is 27.4 Å². The van der Waals surface area contributed by atoms with E-state index in [1.54, 1.807) is 29.1 Å². The van der Waals surface area contributed by atoms with Gasteiger partial charge >= 0.3 is 0 Å². The Morgan fingerprint density at radius 3 is 2.67 bits per heavy atom. The van der Waals surface area contributed by atoms with Gasteiger partial charge in [0.25, 0.3) is 5.91 Å². The molecule has 0 aliphatic carbocycles. The quantitative estimate of drug-likeness (QED) is 0.729. The average Bonchev–Trinajstić information content (AvgIpc) is 3.09. The van der Waals surface area contributed by atoms with Crippen LogP contribution in [0.25, 0.3) is 5.69 Å². The maximum absolute atomic E-state index is 11.8. The summed E-state index contributed by atoms with van der Waals surface area (Å²) in [7, 11) is 0. The van der Waals surface area contributed by atoms with E-state index in [9.17, 15) is 9.90 Å². The molecule has 2 aromatic carbocycles. The van der Waals surface area contributed by atoms with Gasteiger partial charge < -0.3 is 15.2 Å². The first kappa shape index (κ1) is 15.6. The topological polar surface area (TPSA) is 76.4 Å². The number of hydrogen-bond donors (Lipinski definition) is 2. The highest BCUT2D eigenvalue weighted by Crippen LogP contribution is 2.23.